The molecule has 2 aliphatic rings. The van der Waals surface area contributed by atoms with Crippen molar-refractivity contribution in [3.63, 3.8) is 0 Å². The smallest absolute Gasteiger partial charge is 0.0830 e. The molecule has 20 heavy (non-hydrogen) atoms. The average molecular weight is 282 g/mol. The topological polar surface area (TPSA) is 38.5 Å². The molecule has 1 aliphatic heterocycles. The second kappa shape index (κ2) is 5.26. The Morgan fingerprint density at radius 3 is 2.20 bits per heavy atom. The van der Waals surface area contributed by atoms with Crippen LogP contribution < -0.4 is 5.73 Å². The van der Waals surface area contributed by atoms with Gasteiger partial charge in [0.05, 0.1) is 16.7 Å². The van der Waals surface area contributed by atoms with Crippen LogP contribution in [0.25, 0.3) is 0 Å². The number of nitrogens with two attached hydrogens (primary N) is 1. The fraction of sp³-hybridized carbons (Fsp3) is 1.00. The zero-order chi connectivity index (χ0) is 15.2. The maximum absolute atomic E-state index is 6.37. The van der Waals surface area contributed by atoms with Gasteiger partial charge in [-0.2, -0.15) is 0 Å². The Morgan fingerprint density at radius 1 is 1.15 bits per heavy atom. The molecule has 3 nitrogen and oxygen atoms in total. The standard InChI is InChI=1S/C17H34N2O/c1-13-9-7-8-10-14(13)19(6)17(12-18)11-15(2,3)20-16(17,4)5/h13-14H,7-12,18H2,1-6H3. The van der Waals surface area contributed by atoms with Crippen LogP contribution in [0.3, 0.4) is 0 Å². The van der Waals surface area contributed by atoms with Crippen molar-refractivity contribution < 1.29 is 4.74 Å². The first-order chi connectivity index (χ1) is 9.15. The van der Waals surface area contributed by atoms with E-state index in [1.54, 1.807) is 0 Å². The maximum Gasteiger partial charge on any atom is 0.0830 e. The number of nitrogens with zero attached hydrogens (tertiary/aromatic N) is 1. The van der Waals surface area contributed by atoms with Crippen molar-refractivity contribution in [2.75, 3.05) is 13.6 Å². The van der Waals surface area contributed by atoms with E-state index in [9.17, 15) is 0 Å². The highest BCUT2D eigenvalue weighted by Crippen LogP contribution is 2.49. The Hall–Kier alpha value is -0.120. The number of rotatable bonds is 3. The zero-order valence-electron chi connectivity index (χ0n) is 14.3. The summed E-state index contributed by atoms with van der Waals surface area (Å²) < 4.78 is 6.37. The first-order valence-electron chi connectivity index (χ1n) is 8.28. The summed E-state index contributed by atoms with van der Waals surface area (Å²) in [5.41, 5.74) is 5.96. The second-order valence-electron chi connectivity index (χ2n) is 8.22. The van der Waals surface area contributed by atoms with Gasteiger partial charge in [-0.3, -0.25) is 4.90 Å². The van der Waals surface area contributed by atoms with Gasteiger partial charge in [-0.05, 0) is 59.9 Å². The van der Waals surface area contributed by atoms with Crippen molar-refractivity contribution in [2.45, 2.75) is 89.5 Å². The van der Waals surface area contributed by atoms with Gasteiger partial charge >= 0.3 is 0 Å². The minimum Gasteiger partial charge on any atom is -0.368 e. The molecule has 2 N–H and O–H groups in total. The molecule has 1 aliphatic carbocycles. The van der Waals surface area contributed by atoms with Gasteiger partial charge < -0.3 is 10.5 Å². The first-order valence-corrected chi connectivity index (χ1v) is 8.28. The van der Waals surface area contributed by atoms with Crippen LogP contribution in [-0.4, -0.2) is 41.3 Å². The van der Waals surface area contributed by atoms with E-state index >= 15 is 0 Å². The van der Waals surface area contributed by atoms with Gasteiger partial charge in [-0.15, -0.1) is 0 Å². The molecule has 0 aromatic rings. The van der Waals surface area contributed by atoms with Crippen LogP contribution in [0.1, 0.15) is 66.7 Å². The molecular weight excluding hydrogens is 248 g/mol. The van der Waals surface area contributed by atoms with E-state index in [1.165, 1.54) is 25.7 Å². The molecule has 3 heteroatoms. The molecule has 0 aromatic carbocycles. The van der Waals surface area contributed by atoms with Gasteiger partial charge in [0.25, 0.3) is 0 Å². The monoisotopic (exact) mass is 282 g/mol. The minimum atomic E-state index is -0.197. The van der Waals surface area contributed by atoms with Crippen LogP contribution in [0.15, 0.2) is 0 Å². The summed E-state index contributed by atoms with van der Waals surface area (Å²) in [6.45, 7) is 11.9. The quantitative estimate of drug-likeness (QED) is 0.864. The van der Waals surface area contributed by atoms with E-state index in [0.29, 0.717) is 12.6 Å². The van der Waals surface area contributed by atoms with E-state index in [-0.39, 0.29) is 16.7 Å². The average Bonchev–Trinajstić information content (AvgIpc) is 2.54. The van der Waals surface area contributed by atoms with Crippen molar-refractivity contribution in [1.82, 2.24) is 4.90 Å². The predicted molar refractivity (Wildman–Crippen MR) is 84.8 cm³/mol. The second-order valence-corrected chi connectivity index (χ2v) is 8.22. The van der Waals surface area contributed by atoms with Gasteiger partial charge in [0, 0.05) is 12.6 Å². The Balaban J connectivity index is 2.30. The Morgan fingerprint density at radius 2 is 1.75 bits per heavy atom. The number of ether oxygens (including phenoxy) is 1. The van der Waals surface area contributed by atoms with Crippen molar-refractivity contribution >= 4 is 0 Å². The summed E-state index contributed by atoms with van der Waals surface area (Å²) in [6.07, 6.45) is 6.40. The van der Waals surface area contributed by atoms with Crippen LogP contribution in [0.5, 0.6) is 0 Å². The van der Waals surface area contributed by atoms with E-state index in [2.05, 4.69) is 46.6 Å². The lowest BCUT2D eigenvalue weighted by Crippen LogP contribution is -2.65. The van der Waals surface area contributed by atoms with Gasteiger partial charge in [0.1, 0.15) is 0 Å². The molecule has 0 amide bonds. The molecule has 2 rings (SSSR count). The van der Waals surface area contributed by atoms with Gasteiger partial charge in [-0.1, -0.05) is 19.8 Å². The Kier molecular flexibility index (Phi) is 4.27. The Labute approximate surface area is 125 Å². The molecular formula is C17H34N2O. The van der Waals surface area contributed by atoms with Crippen LogP contribution >= 0.6 is 0 Å². The highest BCUT2D eigenvalue weighted by atomic mass is 16.5. The van der Waals surface area contributed by atoms with E-state index < -0.39 is 0 Å². The third kappa shape index (κ3) is 2.53. The normalized spacial score (nSPS) is 40.2. The van der Waals surface area contributed by atoms with Crippen LogP contribution in [-0.2, 0) is 4.74 Å². The fourth-order valence-corrected chi connectivity index (χ4v) is 4.94. The largest absolute Gasteiger partial charge is 0.368 e. The SMILES string of the molecule is CC1CCCCC1N(C)C1(CN)CC(C)(C)OC1(C)C. The van der Waals surface area contributed by atoms with Crippen molar-refractivity contribution in [3.8, 4) is 0 Å². The lowest BCUT2D eigenvalue weighted by atomic mass is 9.74. The highest BCUT2D eigenvalue weighted by molar-refractivity contribution is 5.14. The molecule has 1 saturated heterocycles. The molecule has 1 saturated carbocycles. The Bertz CT molecular complexity index is 353. The van der Waals surface area contributed by atoms with Crippen molar-refractivity contribution in [2.24, 2.45) is 11.7 Å². The van der Waals surface area contributed by atoms with Crippen molar-refractivity contribution in [3.05, 3.63) is 0 Å². The van der Waals surface area contributed by atoms with Gasteiger partial charge in [0.2, 0.25) is 0 Å². The zero-order valence-corrected chi connectivity index (χ0v) is 14.3. The molecule has 3 unspecified atom stereocenters. The van der Waals surface area contributed by atoms with E-state index in [1.807, 2.05) is 0 Å². The minimum absolute atomic E-state index is 0.0488. The van der Waals surface area contributed by atoms with Gasteiger partial charge in [-0.25, -0.2) is 0 Å². The first kappa shape index (κ1) is 16.3. The van der Waals surface area contributed by atoms with E-state index in [0.717, 1.165) is 12.3 Å². The number of hydrogen-bond acceptors (Lipinski definition) is 3. The molecule has 0 spiro atoms. The fourth-order valence-electron chi connectivity index (χ4n) is 4.94. The van der Waals surface area contributed by atoms with Crippen LogP contribution in [0.4, 0.5) is 0 Å². The summed E-state index contributed by atoms with van der Waals surface area (Å²) in [7, 11) is 2.28. The molecule has 2 fully saturated rings. The van der Waals surface area contributed by atoms with Crippen LogP contribution in [0.2, 0.25) is 0 Å². The maximum atomic E-state index is 6.37. The third-order valence-corrected chi connectivity index (χ3v) is 5.95. The van der Waals surface area contributed by atoms with Crippen LogP contribution in [0, 0.1) is 5.92 Å². The van der Waals surface area contributed by atoms with Crippen molar-refractivity contribution in [1.29, 1.82) is 0 Å². The highest BCUT2D eigenvalue weighted by Gasteiger charge is 2.59. The molecule has 118 valence electrons. The summed E-state index contributed by atoms with van der Waals surface area (Å²) in [5.74, 6) is 0.761. The third-order valence-electron chi connectivity index (χ3n) is 5.95. The predicted octanol–water partition coefficient (Wildman–Crippen LogP) is 3.17. The summed E-state index contributed by atoms with van der Waals surface area (Å²) in [5, 5.41) is 0. The molecule has 0 bridgehead atoms. The summed E-state index contributed by atoms with van der Waals surface area (Å²) in [6, 6.07) is 0.643. The molecule has 3 atom stereocenters. The number of hydrogen-bond donors (Lipinski definition) is 1. The summed E-state index contributed by atoms with van der Waals surface area (Å²) >= 11 is 0. The number of likely N-dealkylation sites (N-methyl/N-ethyl adjacent to an activating group) is 1. The van der Waals surface area contributed by atoms with Gasteiger partial charge in [0.15, 0.2) is 0 Å². The lowest BCUT2D eigenvalue weighted by molar-refractivity contribution is -0.111. The molecule has 0 aromatic heterocycles. The molecule has 1 heterocycles. The summed E-state index contributed by atoms with van der Waals surface area (Å²) in [4.78, 5) is 2.59. The molecule has 0 radical (unpaired) electrons. The lowest BCUT2D eigenvalue weighted by Gasteiger charge is -2.51. The van der Waals surface area contributed by atoms with E-state index in [4.69, 9.17) is 10.5 Å².